The molecule has 0 bridgehead atoms. The molecule has 1 saturated heterocycles. The van der Waals surface area contributed by atoms with Gasteiger partial charge in [0.1, 0.15) is 11.3 Å². The van der Waals surface area contributed by atoms with Gasteiger partial charge in [0, 0.05) is 31.9 Å². The van der Waals surface area contributed by atoms with E-state index < -0.39 is 0 Å². The van der Waals surface area contributed by atoms with Gasteiger partial charge in [0.25, 0.3) is 0 Å². The van der Waals surface area contributed by atoms with Crippen molar-refractivity contribution in [3.8, 4) is 0 Å². The maximum absolute atomic E-state index is 5.53. The van der Waals surface area contributed by atoms with Crippen molar-refractivity contribution in [3.05, 3.63) is 59.5 Å². The summed E-state index contributed by atoms with van der Waals surface area (Å²) in [5.41, 5.74) is 4.58. The van der Waals surface area contributed by atoms with E-state index in [1.54, 1.807) is 0 Å². The summed E-state index contributed by atoms with van der Waals surface area (Å²) in [6.07, 6.45) is 4.76. The number of fused-ring (bicyclic) bond motifs is 1. The smallest absolute Gasteiger partial charge is 0.160 e. The van der Waals surface area contributed by atoms with E-state index in [1.807, 2.05) is 12.3 Å². The van der Waals surface area contributed by atoms with Crippen molar-refractivity contribution < 1.29 is 4.74 Å². The van der Waals surface area contributed by atoms with Crippen molar-refractivity contribution in [1.29, 1.82) is 0 Å². The molecule has 0 aliphatic carbocycles. The standard InChI is InChI=1S/C19H21N3O/c1-14-4-2-5-15(12-14)13-18-21-17-6-3-9-20-19(17)22(18)16-7-10-23-11-8-16/h2-6,9,12,16H,7-8,10-11,13H2,1H3. The first kappa shape index (κ1) is 14.4. The molecule has 3 heterocycles. The normalized spacial score (nSPS) is 16.0. The van der Waals surface area contributed by atoms with Crippen LogP contribution in [0.25, 0.3) is 11.2 Å². The van der Waals surface area contributed by atoms with Crippen LogP contribution in [0.3, 0.4) is 0 Å². The van der Waals surface area contributed by atoms with E-state index in [0.29, 0.717) is 6.04 Å². The van der Waals surface area contributed by atoms with Crippen LogP contribution in [0, 0.1) is 6.92 Å². The third kappa shape index (κ3) is 2.86. The summed E-state index contributed by atoms with van der Waals surface area (Å²) in [7, 11) is 0. The minimum Gasteiger partial charge on any atom is -0.381 e. The summed E-state index contributed by atoms with van der Waals surface area (Å²) in [6, 6.07) is 13.1. The van der Waals surface area contributed by atoms with Gasteiger partial charge in [-0.1, -0.05) is 29.8 Å². The summed E-state index contributed by atoms with van der Waals surface area (Å²) in [5, 5.41) is 0. The molecule has 0 unspecified atom stereocenters. The number of aryl methyl sites for hydroxylation is 1. The highest BCUT2D eigenvalue weighted by atomic mass is 16.5. The van der Waals surface area contributed by atoms with Crippen molar-refractivity contribution in [2.45, 2.75) is 32.2 Å². The molecule has 4 heteroatoms. The van der Waals surface area contributed by atoms with Crippen LogP contribution in [0.5, 0.6) is 0 Å². The van der Waals surface area contributed by atoms with Gasteiger partial charge >= 0.3 is 0 Å². The Kier molecular flexibility index (Phi) is 3.83. The molecule has 0 atom stereocenters. The van der Waals surface area contributed by atoms with Crippen LogP contribution >= 0.6 is 0 Å². The molecule has 3 aromatic rings. The Hall–Kier alpha value is -2.20. The van der Waals surface area contributed by atoms with E-state index in [0.717, 1.165) is 49.5 Å². The number of ether oxygens (including phenoxy) is 1. The molecule has 1 aliphatic heterocycles. The van der Waals surface area contributed by atoms with Crippen molar-refractivity contribution in [2.24, 2.45) is 0 Å². The second-order valence-corrected chi connectivity index (χ2v) is 6.25. The van der Waals surface area contributed by atoms with E-state index >= 15 is 0 Å². The Morgan fingerprint density at radius 2 is 2.04 bits per heavy atom. The minimum atomic E-state index is 0.434. The molecule has 118 valence electrons. The van der Waals surface area contributed by atoms with Crippen LogP contribution in [0.4, 0.5) is 0 Å². The Labute approximate surface area is 136 Å². The molecule has 0 radical (unpaired) electrons. The van der Waals surface area contributed by atoms with Gasteiger partial charge in [-0.15, -0.1) is 0 Å². The molecular weight excluding hydrogens is 286 g/mol. The van der Waals surface area contributed by atoms with Gasteiger partial charge in [-0.3, -0.25) is 0 Å². The van der Waals surface area contributed by atoms with Gasteiger partial charge in [0.05, 0.1) is 0 Å². The molecule has 1 aliphatic rings. The lowest BCUT2D eigenvalue weighted by Gasteiger charge is -2.25. The second-order valence-electron chi connectivity index (χ2n) is 6.25. The molecule has 0 saturated carbocycles. The maximum atomic E-state index is 5.53. The van der Waals surface area contributed by atoms with Crippen LogP contribution in [0.15, 0.2) is 42.6 Å². The second kappa shape index (κ2) is 6.13. The summed E-state index contributed by atoms with van der Waals surface area (Å²) in [6.45, 7) is 3.77. The monoisotopic (exact) mass is 307 g/mol. The Morgan fingerprint density at radius 1 is 1.17 bits per heavy atom. The first-order valence-corrected chi connectivity index (χ1v) is 8.26. The van der Waals surface area contributed by atoms with Crippen molar-refractivity contribution in [3.63, 3.8) is 0 Å². The van der Waals surface area contributed by atoms with Crippen LogP contribution in [-0.4, -0.2) is 27.7 Å². The number of hydrogen-bond acceptors (Lipinski definition) is 3. The molecule has 4 rings (SSSR count). The maximum Gasteiger partial charge on any atom is 0.160 e. The fourth-order valence-electron chi connectivity index (χ4n) is 3.43. The zero-order valence-electron chi connectivity index (χ0n) is 13.4. The summed E-state index contributed by atoms with van der Waals surface area (Å²) in [5.74, 6) is 1.11. The van der Waals surface area contributed by atoms with Crippen molar-refractivity contribution in [1.82, 2.24) is 14.5 Å². The molecule has 23 heavy (non-hydrogen) atoms. The van der Waals surface area contributed by atoms with Gasteiger partial charge < -0.3 is 9.30 Å². The van der Waals surface area contributed by atoms with Crippen LogP contribution in [0.1, 0.15) is 35.8 Å². The Morgan fingerprint density at radius 3 is 2.87 bits per heavy atom. The quantitative estimate of drug-likeness (QED) is 0.741. The van der Waals surface area contributed by atoms with Gasteiger partial charge in [-0.2, -0.15) is 0 Å². The highest BCUT2D eigenvalue weighted by Gasteiger charge is 2.22. The number of hydrogen-bond donors (Lipinski definition) is 0. The number of aromatic nitrogens is 3. The molecular formula is C19H21N3O. The van der Waals surface area contributed by atoms with Crippen LogP contribution < -0.4 is 0 Å². The van der Waals surface area contributed by atoms with E-state index in [-0.39, 0.29) is 0 Å². The summed E-state index contributed by atoms with van der Waals surface area (Å²) >= 11 is 0. The molecule has 0 spiro atoms. The van der Waals surface area contributed by atoms with E-state index in [4.69, 9.17) is 9.72 Å². The molecule has 4 nitrogen and oxygen atoms in total. The Balaban J connectivity index is 1.78. The molecule has 1 aromatic carbocycles. The number of imidazole rings is 1. The van der Waals surface area contributed by atoms with E-state index in [2.05, 4.69) is 46.8 Å². The summed E-state index contributed by atoms with van der Waals surface area (Å²) in [4.78, 5) is 9.47. The first-order chi connectivity index (χ1) is 11.3. The minimum absolute atomic E-state index is 0.434. The number of nitrogens with zero attached hydrogens (tertiary/aromatic N) is 3. The lowest BCUT2D eigenvalue weighted by molar-refractivity contribution is 0.0698. The SMILES string of the molecule is Cc1cccc(Cc2nc3cccnc3n2C2CCOCC2)c1. The third-order valence-electron chi connectivity index (χ3n) is 4.52. The Bertz CT molecular complexity index is 818. The summed E-state index contributed by atoms with van der Waals surface area (Å²) < 4.78 is 7.88. The average Bonchev–Trinajstić information content (AvgIpc) is 2.93. The number of pyridine rings is 1. The highest BCUT2D eigenvalue weighted by Crippen LogP contribution is 2.28. The molecule has 0 N–H and O–H groups in total. The molecule has 1 fully saturated rings. The van der Waals surface area contributed by atoms with Crippen LogP contribution in [-0.2, 0) is 11.2 Å². The fraction of sp³-hybridized carbons (Fsp3) is 0.368. The van der Waals surface area contributed by atoms with Crippen molar-refractivity contribution in [2.75, 3.05) is 13.2 Å². The van der Waals surface area contributed by atoms with Crippen molar-refractivity contribution >= 4 is 11.2 Å². The van der Waals surface area contributed by atoms with E-state index in [1.165, 1.54) is 11.1 Å². The van der Waals surface area contributed by atoms with Gasteiger partial charge in [-0.25, -0.2) is 9.97 Å². The third-order valence-corrected chi connectivity index (χ3v) is 4.52. The fourth-order valence-corrected chi connectivity index (χ4v) is 3.43. The largest absolute Gasteiger partial charge is 0.381 e. The van der Waals surface area contributed by atoms with Gasteiger partial charge in [0.15, 0.2) is 5.65 Å². The van der Waals surface area contributed by atoms with Gasteiger partial charge in [-0.05, 0) is 37.5 Å². The zero-order valence-corrected chi connectivity index (χ0v) is 13.4. The lowest BCUT2D eigenvalue weighted by Crippen LogP contribution is -2.21. The predicted octanol–water partition coefficient (Wildman–Crippen LogP) is 3.68. The molecule has 0 amide bonds. The molecule has 2 aromatic heterocycles. The highest BCUT2D eigenvalue weighted by molar-refractivity contribution is 5.71. The van der Waals surface area contributed by atoms with Gasteiger partial charge in [0.2, 0.25) is 0 Å². The lowest BCUT2D eigenvalue weighted by atomic mass is 10.1. The number of benzene rings is 1. The average molecular weight is 307 g/mol. The topological polar surface area (TPSA) is 39.9 Å². The first-order valence-electron chi connectivity index (χ1n) is 8.26. The predicted molar refractivity (Wildman–Crippen MR) is 90.6 cm³/mol. The van der Waals surface area contributed by atoms with Crippen LogP contribution in [0.2, 0.25) is 0 Å². The van der Waals surface area contributed by atoms with E-state index in [9.17, 15) is 0 Å². The zero-order chi connectivity index (χ0) is 15.6. The number of rotatable bonds is 3.